The Kier molecular flexibility index (Phi) is 4.94. The van der Waals surface area contributed by atoms with Crippen LogP contribution in [0.25, 0.3) is 5.57 Å². The second-order valence-electron chi connectivity index (χ2n) is 8.75. The molecule has 144 valence electrons. The summed E-state index contributed by atoms with van der Waals surface area (Å²) >= 11 is 0. The highest BCUT2D eigenvalue weighted by atomic mass is 16.5. The van der Waals surface area contributed by atoms with Crippen molar-refractivity contribution in [3.63, 3.8) is 0 Å². The SMILES string of the molecule is CC(/C=C/C1=C(c2cc3c(cc2C)C(C)(C)OC3(C)C)CCC1)=C\C(=O)O. The lowest BCUT2D eigenvalue weighted by Gasteiger charge is -2.24. The van der Waals surface area contributed by atoms with Crippen molar-refractivity contribution in [1.29, 1.82) is 0 Å². The second kappa shape index (κ2) is 6.79. The number of carboxylic acid groups (broad SMARTS) is 1. The third-order valence-corrected chi connectivity index (χ3v) is 5.66. The van der Waals surface area contributed by atoms with Crippen molar-refractivity contribution in [1.82, 2.24) is 0 Å². The maximum Gasteiger partial charge on any atom is 0.328 e. The van der Waals surface area contributed by atoms with Crippen LogP contribution < -0.4 is 0 Å². The van der Waals surface area contributed by atoms with E-state index in [0.717, 1.165) is 24.8 Å². The molecule has 1 N–H and O–H groups in total. The molecule has 3 rings (SSSR count). The van der Waals surface area contributed by atoms with Gasteiger partial charge in [0.1, 0.15) is 0 Å². The van der Waals surface area contributed by atoms with Crippen LogP contribution in [0, 0.1) is 6.92 Å². The van der Waals surface area contributed by atoms with Gasteiger partial charge in [0.2, 0.25) is 0 Å². The molecule has 0 saturated heterocycles. The number of hydrogen-bond acceptors (Lipinski definition) is 2. The minimum atomic E-state index is -0.905. The quantitative estimate of drug-likeness (QED) is 0.523. The summed E-state index contributed by atoms with van der Waals surface area (Å²) in [5, 5.41) is 8.89. The predicted octanol–water partition coefficient (Wildman–Crippen LogP) is 6.02. The van der Waals surface area contributed by atoms with Crippen LogP contribution in [0.15, 0.2) is 41.5 Å². The molecule has 0 amide bonds. The van der Waals surface area contributed by atoms with Crippen molar-refractivity contribution < 1.29 is 14.6 Å². The Balaban J connectivity index is 2.06. The number of aryl methyl sites for hydroxylation is 1. The van der Waals surface area contributed by atoms with Crippen molar-refractivity contribution in [2.24, 2.45) is 0 Å². The van der Waals surface area contributed by atoms with Crippen LogP contribution in [0.4, 0.5) is 0 Å². The minimum Gasteiger partial charge on any atom is -0.478 e. The van der Waals surface area contributed by atoms with Gasteiger partial charge in [-0.2, -0.15) is 0 Å². The topological polar surface area (TPSA) is 46.5 Å². The molecule has 0 bridgehead atoms. The molecule has 1 aromatic rings. The number of allylic oxidation sites excluding steroid dienone is 5. The highest BCUT2D eigenvalue weighted by molar-refractivity contribution is 5.81. The largest absolute Gasteiger partial charge is 0.478 e. The first-order valence-corrected chi connectivity index (χ1v) is 9.69. The van der Waals surface area contributed by atoms with E-state index in [4.69, 9.17) is 9.84 Å². The van der Waals surface area contributed by atoms with Crippen LogP contribution in [-0.2, 0) is 20.7 Å². The van der Waals surface area contributed by atoms with E-state index < -0.39 is 5.97 Å². The maximum absolute atomic E-state index is 10.8. The van der Waals surface area contributed by atoms with E-state index in [1.807, 2.05) is 13.0 Å². The molecule has 2 aliphatic rings. The van der Waals surface area contributed by atoms with Crippen molar-refractivity contribution in [2.75, 3.05) is 0 Å². The lowest BCUT2D eigenvalue weighted by Crippen LogP contribution is -2.22. The number of benzene rings is 1. The van der Waals surface area contributed by atoms with Crippen LogP contribution in [0.5, 0.6) is 0 Å². The number of rotatable bonds is 4. The number of fused-ring (bicyclic) bond motifs is 1. The minimum absolute atomic E-state index is 0.270. The van der Waals surface area contributed by atoms with E-state index in [1.54, 1.807) is 0 Å². The summed E-state index contributed by atoms with van der Waals surface area (Å²) < 4.78 is 6.33. The van der Waals surface area contributed by atoms with Crippen molar-refractivity contribution in [3.05, 3.63) is 63.8 Å². The molecular weight excluding hydrogens is 336 g/mol. The van der Waals surface area contributed by atoms with Crippen LogP contribution in [0.1, 0.15) is 76.1 Å². The van der Waals surface area contributed by atoms with Gasteiger partial charge in [0, 0.05) is 6.08 Å². The zero-order chi connectivity index (χ0) is 20.0. The van der Waals surface area contributed by atoms with Crippen LogP contribution in [0.2, 0.25) is 0 Å². The molecule has 3 nitrogen and oxygen atoms in total. The summed E-state index contributed by atoms with van der Waals surface area (Å²) in [6.45, 7) is 12.6. The first-order chi connectivity index (χ1) is 12.5. The third kappa shape index (κ3) is 3.79. The summed E-state index contributed by atoms with van der Waals surface area (Å²) in [4.78, 5) is 10.8. The zero-order valence-corrected chi connectivity index (χ0v) is 17.3. The zero-order valence-electron chi connectivity index (χ0n) is 17.3. The molecule has 1 aliphatic carbocycles. The van der Waals surface area contributed by atoms with Crippen molar-refractivity contribution >= 4 is 11.5 Å². The fourth-order valence-electron chi connectivity index (χ4n) is 4.51. The molecule has 1 aromatic carbocycles. The Hall–Kier alpha value is -2.13. The molecule has 1 aliphatic heterocycles. The average molecular weight is 367 g/mol. The van der Waals surface area contributed by atoms with Gasteiger partial charge in [0.25, 0.3) is 0 Å². The Labute approximate surface area is 162 Å². The maximum atomic E-state index is 10.8. The second-order valence-corrected chi connectivity index (χ2v) is 8.75. The Morgan fingerprint density at radius 3 is 2.37 bits per heavy atom. The van der Waals surface area contributed by atoms with E-state index in [0.29, 0.717) is 0 Å². The number of carboxylic acids is 1. The number of aliphatic carboxylic acids is 1. The van der Waals surface area contributed by atoms with E-state index >= 15 is 0 Å². The van der Waals surface area contributed by atoms with Crippen LogP contribution in [-0.4, -0.2) is 11.1 Å². The van der Waals surface area contributed by atoms with Crippen LogP contribution in [0.3, 0.4) is 0 Å². The summed E-state index contributed by atoms with van der Waals surface area (Å²) in [5.41, 5.74) is 8.03. The van der Waals surface area contributed by atoms with Gasteiger partial charge in [0.05, 0.1) is 11.2 Å². The Morgan fingerprint density at radius 2 is 1.74 bits per heavy atom. The van der Waals surface area contributed by atoms with Crippen LogP contribution >= 0.6 is 0 Å². The summed E-state index contributed by atoms with van der Waals surface area (Å²) in [6.07, 6.45) is 8.48. The molecule has 0 fully saturated rings. The first kappa shape index (κ1) is 19.6. The van der Waals surface area contributed by atoms with Gasteiger partial charge < -0.3 is 9.84 Å². The highest BCUT2D eigenvalue weighted by Gasteiger charge is 2.43. The lowest BCUT2D eigenvalue weighted by atomic mass is 9.85. The molecule has 0 atom stereocenters. The summed E-state index contributed by atoms with van der Waals surface area (Å²) in [7, 11) is 0. The molecule has 27 heavy (non-hydrogen) atoms. The number of ether oxygens (including phenoxy) is 1. The molecule has 0 aromatic heterocycles. The Bertz CT molecular complexity index is 879. The van der Waals surface area contributed by atoms with Crippen molar-refractivity contribution in [3.8, 4) is 0 Å². The molecule has 0 radical (unpaired) electrons. The van der Waals surface area contributed by atoms with E-state index in [2.05, 4.69) is 52.8 Å². The number of carbonyl (C=O) groups is 1. The molecular formula is C24H30O3. The summed E-state index contributed by atoms with van der Waals surface area (Å²) in [5.74, 6) is -0.905. The van der Waals surface area contributed by atoms with Gasteiger partial charge in [0.15, 0.2) is 0 Å². The number of hydrogen-bond donors (Lipinski definition) is 1. The molecule has 3 heteroatoms. The fourth-order valence-corrected chi connectivity index (χ4v) is 4.51. The fraction of sp³-hybridized carbons (Fsp3) is 0.458. The van der Waals surface area contributed by atoms with Gasteiger partial charge in [-0.05, 0) is 106 Å². The van der Waals surface area contributed by atoms with Crippen molar-refractivity contribution in [2.45, 2.75) is 72.0 Å². The average Bonchev–Trinajstić information content (AvgIpc) is 3.05. The van der Waals surface area contributed by atoms with Gasteiger partial charge in [-0.3, -0.25) is 0 Å². The molecule has 1 heterocycles. The van der Waals surface area contributed by atoms with E-state index in [1.165, 1.54) is 39.5 Å². The third-order valence-electron chi connectivity index (χ3n) is 5.66. The Morgan fingerprint density at radius 1 is 1.11 bits per heavy atom. The van der Waals surface area contributed by atoms with Gasteiger partial charge in [-0.15, -0.1) is 0 Å². The van der Waals surface area contributed by atoms with Gasteiger partial charge in [-0.1, -0.05) is 18.2 Å². The molecule has 0 unspecified atom stereocenters. The first-order valence-electron chi connectivity index (χ1n) is 9.69. The standard InChI is InChI=1S/C24H30O3/c1-15(12-22(25)26)10-11-17-8-7-9-18(17)19-14-21-20(13-16(19)2)23(3,4)27-24(21,5)6/h10-14H,7-9H2,1-6H3,(H,25,26)/b11-10+,15-12+. The van der Waals surface area contributed by atoms with E-state index in [9.17, 15) is 4.79 Å². The normalized spacial score (nSPS) is 21.2. The smallest absolute Gasteiger partial charge is 0.328 e. The van der Waals surface area contributed by atoms with Gasteiger partial charge >= 0.3 is 5.97 Å². The highest BCUT2D eigenvalue weighted by Crippen LogP contribution is 2.49. The molecule has 0 saturated carbocycles. The molecule has 0 spiro atoms. The lowest BCUT2D eigenvalue weighted by molar-refractivity contribution is -0.131. The van der Waals surface area contributed by atoms with Gasteiger partial charge in [-0.25, -0.2) is 4.79 Å². The van der Waals surface area contributed by atoms with E-state index in [-0.39, 0.29) is 11.2 Å². The summed E-state index contributed by atoms with van der Waals surface area (Å²) in [6, 6.07) is 4.62. The monoisotopic (exact) mass is 366 g/mol. The predicted molar refractivity (Wildman–Crippen MR) is 110 cm³/mol.